The normalized spacial score (nSPS) is 23.9. The molecule has 5 nitrogen and oxygen atoms in total. The molecule has 0 amide bonds. The van der Waals surface area contributed by atoms with Crippen LogP contribution in [0.3, 0.4) is 0 Å². The minimum Gasteiger partial charge on any atom is -0.330 e. The lowest BCUT2D eigenvalue weighted by Gasteiger charge is -2.19. The second kappa shape index (κ2) is 5.11. The first-order valence-electron chi connectivity index (χ1n) is 6.65. The largest absolute Gasteiger partial charge is 0.330 e. The van der Waals surface area contributed by atoms with Crippen molar-refractivity contribution in [2.45, 2.75) is 12.5 Å². The van der Waals surface area contributed by atoms with E-state index in [2.05, 4.69) is 46.4 Å². The van der Waals surface area contributed by atoms with E-state index < -0.39 is 0 Å². The lowest BCUT2D eigenvalue weighted by Crippen LogP contribution is -2.20. The molecule has 2 aromatic rings. The molecule has 3 rings (SSSR count). The summed E-state index contributed by atoms with van der Waals surface area (Å²) < 4.78 is 0. The Morgan fingerprint density at radius 2 is 1.89 bits per heavy atom. The van der Waals surface area contributed by atoms with E-state index in [9.17, 15) is 0 Å². The monoisotopic (exact) mass is 257 g/mol. The molecule has 100 valence electrons. The van der Waals surface area contributed by atoms with Crippen LogP contribution in [0.5, 0.6) is 0 Å². The summed E-state index contributed by atoms with van der Waals surface area (Å²) in [6.07, 6.45) is 4.52. The summed E-state index contributed by atoms with van der Waals surface area (Å²) in [5, 5.41) is 8.27. The average molecular weight is 257 g/mol. The summed E-state index contributed by atoms with van der Waals surface area (Å²) in [4.78, 5) is 4.02. The number of rotatable bonds is 3. The van der Waals surface area contributed by atoms with Gasteiger partial charge in [-0.15, -0.1) is 0 Å². The Kier molecular flexibility index (Phi) is 3.31. The molecule has 2 atom stereocenters. The highest BCUT2D eigenvalue weighted by Gasteiger charge is 2.29. The average Bonchev–Trinajstić information content (AvgIpc) is 3.08. The van der Waals surface area contributed by atoms with Crippen molar-refractivity contribution in [2.24, 2.45) is 11.7 Å². The second-order valence-electron chi connectivity index (χ2n) is 5.20. The number of nitrogens with two attached hydrogens (primary N) is 1. The molecule has 0 bridgehead atoms. The summed E-state index contributed by atoms with van der Waals surface area (Å²) in [5.74, 6) is 0.613. The van der Waals surface area contributed by atoms with E-state index in [1.54, 1.807) is 17.2 Å². The minimum atomic E-state index is 0.480. The van der Waals surface area contributed by atoms with E-state index in [1.165, 1.54) is 5.56 Å². The van der Waals surface area contributed by atoms with Gasteiger partial charge in [0, 0.05) is 12.6 Å². The second-order valence-corrected chi connectivity index (χ2v) is 5.20. The number of benzene rings is 1. The zero-order valence-electron chi connectivity index (χ0n) is 11.1. The van der Waals surface area contributed by atoms with Crippen molar-refractivity contribution in [1.82, 2.24) is 19.9 Å². The molecule has 1 saturated heterocycles. The van der Waals surface area contributed by atoms with Crippen LogP contribution in [0.4, 0.5) is 0 Å². The lowest BCUT2D eigenvalue weighted by atomic mass is 10.00. The highest BCUT2D eigenvalue weighted by molar-refractivity contribution is 5.34. The Morgan fingerprint density at radius 3 is 2.47 bits per heavy atom. The molecule has 5 heteroatoms. The number of nitrogens with zero attached hydrogens (tertiary/aromatic N) is 4. The van der Waals surface area contributed by atoms with Crippen LogP contribution in [0.25, 0.3) is 5.69 Å². The van der Waals surface area contributed by atoms with Crippen LogP contribution in [-0.2, 0) is 0 Å². The first-order valence-corrected chi connectivity index (χ1v) is 6.65. The fourth-order valence-electron chi connectivity index (χ4n) is 2.84. The predicted molar refractivity (Wildman–Crippen MR) is 73.9 cm³/mol. The minimum absolute atomic E-state index is 0.480. The van der Waals surface area contributed by atoms with Crippen LogP contribution in [0, 0.1) is 5.92 Å². The first kappa shape index (κ1) is 12.3. The molecular formula is C14H19N5. The van der Waals surface area contributed by atoms with Gasteiger partial charge in [-0.25, -0.2) is 0 Å². The highest BCUT2D eigenvalue weighted by atomic mass is 15.5. The molecule has 1 aliphatic rings. The van der Waals surface area contributed by atoms with E-state index in [0.29, 0.717) is 12.0 Å². The third kappa shape index (κ3) is 2.39. The van der Waals surface area contributed by atoms with Gasteiger partial charge in [-0.05, 0) is 43.6 Å². The molecular weight excluding hydrogens is 238 g/mol. The van der Waals surface area contributed by atoms with Crippen molar-refractivity contribution in [1.29, 1.82) is 0 Å². The van der Waals surface area contributed by atoms with Crippen LogP contribution >= 0.6 is 0 Å². The molecule has 0 saturated carbocycles. The zero-order valence-corrected chi connectivity index (χ0v) is 11.1. The molecule has 1 aromatic heterocycles. The predicted octanol–water partition coefficient (Wildman–Crippen LogP) is 1.22. The molecule has 0 aliphatic carbocycles. The molecule has 19 heavy (non-hydrogen) atoms. The quantitative estimate of drug-likeness (QED) is 0.898. The standard InChI is InChI=1S/C14H19N5/c1-18-10-11(9-15)8-14(18)12-2-4-13(5-3-12)19-16-6-7-17-19/h2-7,11,14H,8-10,15H2,1H3. The Labute approximate surface area is 113 Å². The molecule has 1 aromatic carbocycles. The summed E-state index contributed by atoms with van der Waals surface area (Å²) in [6.45, 7) is 1.86. The molecule has 0 radical (unpaired) electrons. The molecule has 0 spiro atoms. The maximum absolute atomic E-state index is 5.78. The van der Waals surface area contributed by atoms with Crippen molar-refractivity contribution in [3.63, 3.8) is 0 Å². The van der Waals surface area contributed by atoms with Gasteiger partial charge in [-0.1, -0.05) is 12.1 Å². The van der Waals surface area contributed by atoms with Crippen LogP contribution in [0.15, 0.2) is 36.7 Å². The topological polar surface area (TPSA) is 60.0 Å². The fraction of sp³-hybridized carbons (Fsp3) is 0.429. The SMILES string of the molecule is CN1CC(CN)CC1c1ccc(-n2nccn2)cc1. The fourth-order valence-corrected chi connectivity index (χ4v) is 2.84. The van der Waals surface area contributed by atoms with Crippen molar-refractivity contribution < 1.29 is 0 Å². The van der Waals surface area contributed by atoms with E-state index in [1.807, 2.05) is 0 Å². The van der Waals surface area contributed by atoms with E-state index in [-0.39, 0.29) is 0 Å². The summed E-state index contributed by atoms with van der Waals surface area (Å²) >= 11 is 0. The summed E-state index contributed by atoms with van der Waals surface area (Å²) in [7, 11) is 2.17. The third-order valence-corrected chi connectivity index (χ3v) is 3.90. The van der Waals surface area contributed by atoms with Gasteiger partial charge < -0.3 is 5.73 Å². The molecule has 2 unspecified atom stereocenters. The lowest BCUT2D eigenvalue weighted by molar-refractivity contribution is 0.313. The van der Waals surface area contributed by atoms with E-state index >= 15 is 0 Å². The maximum Gasteiger partial charge on any atom is 0.0856 e. The number of hydrogen-bond donors (Lipinski definition) is 1. The maximum atomic E-state index is 5.78. The van der Waals surface area contributed by atoms with Gasteiger partial charge >= 0.3 is 0 Å². The molecule has 1 fully saturated rings. The first-order chi connectivity index (χ1) is 9.28. The molecule has 2 heterocycles. The Bertz CT molecular complexity index is 519. The summed E-state index contributed by atoms with van der Waals surface area (Å²) in [6, 6.07) is 8.95. The van der Waals surface area contributed by atoms with Gasteiger partial charge in [0.05, 0.1) is 18.1 Å². The Balaban J connectivity index is 1.79. The van der Waals surface area contributed by atoms with Crippen molar-refractivity contribution in [3.8, 4) is 5.69 Å². The van der Waals surface area contributed by atoms with Gasteiger partial charge in [0.1, 0.15) is 0 Å². The molecule has 2 N–H and O–H groups in total. The van der Waals surface area contributed by atoms with Crippen LogP contribution in [0.2, 0.25) is 0 Å². The number of hydrogen-bond acceptors (Lipinski definition) is 4. The van der Waals surface area contributed by atoms with Gasteiger partial charge in [0.2, 0.25) is 0 Å². The van der Waals surface area contributed by atoms with Crippen LogP contribution in [0.1, 0.15) is 18.0 Å². The highest BCUT2D eigenvalue weighted by Crippen LogP contribution is 2.33. The Hall–Kier alpha value is -1.72. The van der Waals surface area contributed by atoms with E-state index in [0.717, 1.165) is 25.2 Å². The Morgan fingerprint density at radius 1 is 1.21 bits per heavy atom. The van der Waals surface area contributed by atoms with Gasteiger partial charge in [0.25, 0.3) is 0 Å². The molecule has 1 aliphatic heterocycles. The smallest absolute Gasteiger partial charge is 0.0856 e. The summed E-state index contributed by atoms with van der Waals surface area (Å²) in [5.41, 5.74) is 8.11. The van der Waals surface area contributed by atoms with Crippen molar-refractivity contribution >= 4 is 0 Å². The van der Waals surface area contributed by atoms with Crippen molar-refractivity contribution in [3.05, 3.63) is 42.2 Å². The zero-order chi connectivity index (χ0) is 13.2. The van der Waals surface area contributed by atoms with Crippen LogP contribution < -0.4 is 5.73 Å². The van der Waals surface area contributed by atoms with Crippen molar-refractivity contribution in [2.75, 3.05) is 20.1 Å². The van der Waals surface area contributed by atoms with E-state index in [4.69, 9.17) is 5.73 Å². The van der Waals surface area contributed by atoms with Gasteiger partial charge in [-0.2, -0.15) is 15.0 Å². The van der Waals surface area contributed by atoms with Gasteiger partial charge in [-0.3, -0.25) is 4.90 Å². The van der Waals surface area contributed by atoms with Gasteiger partial charge in [0.15, 0.2) is 0 Å². The third-order valence-electron chi connectivity index (χ3n) is 3.90. The number of likely N-dealkylation sites (tertiary alicyclic amines) is 1. The van der Waals surface area contributed by atoms with Crippen LogP contribution in [-0.4, -0.2) is 40.0 Å². The number of aromatic nitrogens is 3.